The van der Waals surface area contributed by atoms with E-state index in [0.29, 0.717) is 54.2 Å². The van der Waals surface area contributed by atoms with E-state index in [-0.39, 0.29) is 17.9 Å². The van der Waals surface area contributed by atoms with Crippen molar-refractivity contribution in [3.05, 3.63) is 101 Å². The van der Waals surface area contributed by atoms with Crippen LogP contribution >= 0.6 is 0 Å². The van der Waals surface area contributed by atoms with Gasteiger partial charge in [-0.15, -0.1) is 0 Å². The van der Waals surface area contributed by atoms with Crippen molar-refractivity contribution in [1.29, 1.82) is 0 Å². The maximum Gasteiger partial charge on any atom is 0.416 e. The topological polar surface area (TPSA) is 88.1 Å². The SMILES string of the molecule is COc1ccc(CN(c2ccncn2)S(=O)(=O)c2c(C)cc(N3CCCC(CCc4cccc(C(F)(F)F)c4)(N(C)C)C3)cc2F)c(OC)c1. The van der Waals surface area contributed by atoms with Crippen LogP contribution in [0.2, 0.25) is 0 Å². The molecule has 9 nitrogen and oxygen atoms in total. The molecule has 0 spiro atoms. The Morgan fingerprint density at radius 1 is 1.02 bits per heavy atom. The summed E-state index contributed by atoms with van der Waals surface area (Å²) in [7, 11) is 2.33. The fraction of sp³-hybridized carbons (Fsp3) is 0.389. The zero-order valence-electron chi connectivity index (χ0n) is 28.7. The number of anilines is 2. The molecule has 2 heterocycles. The fourth-order valence-electron chi connectivity index (χ4n) is 6.60. The van der Waals surface area contributed by atoms with Crippen molar-refractivity contribution in [3.63, 3.8) is 0 Å². The number of halogens is 4. The molecule has 0 radical (unpaired) electrons. The number of hydrogen-bond donors (Lipinski definition) is 0. The van der Waals surface area contributed by atoms with Gasteiger partial charge in [0.1, 0.15) is 34.4 Å². The first-order valence-electron chi connectivity index (χ1n) is 16.1. The standard InChI is InChI=1S/C36H41F4N5O4S/c1-25-18-29(44-17-7-14-35(23-44,43(2)3)15-12-26-8-6-9-28(19-26)36(38,39)40)20-31(37)34(25)50(46,47)45(33-13-16-41-24-42-33)22-27-10-11-30(48-4)21-32(27)49-5/h6,8-11,13,16,18-21,24H,7,12,14-15,17,22-23H2,1-5H3. The number of hydrogen-bond acceptors (Lipinski definition) is 8. The van der Waals surface area contributed by atoms with Gasteiger partial charge in [-0.05, 0) is 88.2 Å². The van der Waals surface area contributed by atoms with E-state index in [9.17, 15) is 21.6 Å². The highest BCUT2D eigenvalue weighted by Crippen LogP contribution is 2.38. The van der Waals surface area contributed by atoms with Crippen LogP contribution in [-0.2, 0) is 29.2 Å². The number of aromatic nitrogens is 2. The molecule has 50 heavy (non-hydrogen) atoms. The average Bonchev–Trinajstić information content (AvgIpc) is 3.09. The number of benzene rings is 3. The minimum atomic E-state index is -4.52. The number of likely N-dealkylation sites (N-methyl/N-ethyl adjacent to an activating group) is 1. The Hall–Kier alpha value is -4.43. The molecule has 0 amide bonds. The van der Waals surface area contributed by atoms with E-state index in [2.05, 4.69) is 14.9 Å². The lowest BCUT2D eigenvalue weighted by Gasteiger charge is -2.48. The molecule has 4 aromatic rings. The highest BCUT2D eigenvalue weighted by atomic mass is 32.2. The second-order valence-corrected chi connectivity index (χ2v) is 14.5. The fourth-order valence-corrected chi connectivity index (χ4v) is 8.25. The summed E-state index contributed by atoms with van der Waals surface area (Å²) in [5.41, 5.74) is 0.739. The van der Waals surface area contributed by atoms with Crippen molar-refractivity contribution >= 4 is 21.5 Å². The number of ether oxygens (including phenoxy) is 2. The Morgan fingerprint density at radius 2 is 1.80 bits per heavy atom. The molecular weight excluding hydrogens is 674 g/mol. The maximum atomic E-state index is 16.3. The molecular formula is C36H41F4N5O4S. The largest absolute Gasteiger partial charge is 0.497 e. The van der Waals surface area contributed by atoms with Crippen LogP contribution in [0.5, 0.6) is 11.5 Å². The van der Waals surface area contributed by atoms with E-state index in [1.807, 2.05) is 19.0 Å². The van der Waals surface area contributed by atoms with Crippen molar-refractivity contribution < 1.29 is 35.5 Å². The molecule has 1 fully saturated rings. The highest BCUT2D eigenvalue weighted by Gasteiger charge is 2.39. The van der Waals surface area contributed by atoms with Crippen molar-refractivity contribution in [2.75, 3.05) is 50.6 Å². The lowest BCUT2D eigenvalue weighted by atomic mass is 9.82. The van der Waals surface area contributed by atoms with Crippen LogP contribution in [0.15, 0.2) is 78.1 Å². The van der Waals surface area contributed by atoms with Crippen molar-refractivity contribution in [2.45, 2.75) is 55.8 Å². The van der Waals surface area contributed by atoms with Gasteiger partial charge in [0.05, 0.1) is 26.3 Å². The van der Waals surface area contributed by atoms with E-state index in [4.69, 9.17) is 9.47 Å². The summed E-state index contributed by atoms with van der Waals surface area (Å²) in [5, 5.41) is 0. The number of aryl methyl sites for hydroxylation is 2. The Balaban J connectivity index is 1.45. The second-order valence-electron chi connectivity index (χ2n) is 12.7. The van der Waals surface area contributed by atoms with Crippen LogP contribution < -0.4 is 18.7 Å². The zero-order valence-corrected chi connectivity index (χ0v) is 29.5. The predicted molar refractivity (Wildman–Crippen MR) is 184 cm³/mol. The van der Waals surface area contributed by atoms with Crippen LogP contribution in [0, 0.1) is 12.7 Å². The lowest BCUT2D eigenvalue weighted by Crippen LogP contribution is -2.56. The molecule has 1 unspecified atom stereocenters. The van der Waals surface area contributed by atoms with Crippen LogP contribution in [0.1, 0.15) is 41.5 Å². The quantitative estimate of drug-likeness (QED) is 0.147. The first-order chi connectivity index (χ1) is 23.7. The molecule has 14 heteroatoms. The molecule has 1 aliphatic heterocycles. The summed E-state index contributed by atoms with van der Waals surface area (Å²) in [4.78, 5) is 11.7. The summed E-state index contributed by atoms with van der Waals surface area (Å²) in [6.45, 7) is 2.43. The minimum absolute atomic E-state index is 0.0494. The van der Waals surface area contributed by atoms with Crippen LogP contribution in [-0.4, -0.2) is 70.2 Å². The van der Waals surface area contributed by atoms with E-state index in [1.54, 1.807) is 37.3 Å². The van der Waals surface area contributed by atoms with Crippen molar-refractivity contribution in [1.82, 2.24) is 14.9 Å². The molecule has 0 aliphatic carbocycles. The molecule has 268 valence electrons. The average molecular weight is 716 g/mol. The Morgan fingerprint density at radius 3 is 2.44 bits per heavy atom. The summed E-state index contributed by atoms with van der Waals surface area (Å²) in [6.07, 6.45) is 0.761. The first-order valence-corrected chi connectivity index (χ1v) is 17.5. The highest BCUT2D eigenvalue weighted by molar-refractivity contribution is 7.92. The van der Waals surface area contributed by atoms with Crippen molar-refractivity contribution in [3.8, 4) is 11.5 Å². The van der Waals surface area contributed by atoms with Gasteiger partial charge in [-0.3, -0.25) is 0 Å². The Bertz CT molecular complexity index is 1890. The van der Waals surface area contributed by atoms with Crippen LogP contribution in [0.3, 0.4) is 0 Å². The molecule has 1 aromatic heterocycles. The van der Waals surface area contributed by atoms with Crippen molar-refractivity contribution in [2.24, 2.45) is 0 Å². The van der Waals surface area contributed by atoms with Gasteiger partial charge in [-0.25, -0.2) is 27.1 Å². The number of methoxy groups -OCH3 is 2. The molecule has 1 saturated heterocycles. The van der Waals surface area contributed by atoms with Gasteiger partial charge in [0, 0.05) is 48.2 Å². The van der Waals surface area contributed by atoms with Gasteiger partial charge in [0.25, 0.3) is 10.0 Å². The van der Waals surface area contributed by atoms with Crippen LogP contribution in [0.25, 0.3) is 0 Å². The third-order valence-corrected chi connectivity index (χ3v) is 11.3. The van der Waals surface area contributed by atoms with E-state index in [1.165, 1.54) is 51.0 Å². The number of sulfonamides is 1. The summed E-state index contributed by atoms with van der Waals surface area (Å²) in [5.74, 6) is 0.0407. The third kappa shape index (κ3) is 7.81. The number of nitrogens with zero attached hydrogens (tertiary/aromatic N) is 5. The summed E-state index contributed by atoms with van der Waals surface area (Å²) < 4.78 is 96.9. The van der Waals surface area contributed by atoms with E-state index < -0.39 is 38.0 Å². The third-order valence-electron chi connectivity index (χ3n) is 9.39. The van der Waals surface area contributed by atoms with Gasteiger partial charge >= 0.3 is 6.18 Å². The van der Waals surface area contributed by atoms with E-state index in [0.717, 1.165) is 23.2 Å². The smallest absolute Gasteiger partial charge is 0.416 e. The molecule has 0 saturated carbocycles. The summed E-state index contributed by atoms with van der Waals surface area (Å²) >= 11 is 0. The van der Waals surface area contributed by atoms with Gasteiger partial charge in [-0.1, -0.05) is 18.2 Å². The molecule has 3 aromatic carbocycles. The van der Waals surface area contributed by atoms with Gasteiger partial charge < -0.3 is 19.3 Å². The van der Waals surface area contributed by atoms with Gasteiger partial charge in [0.15, 0.2) is 0 Å². The molecule has 0 bridgehead atoms. The second kappa shape index (κ2) is 14.8. The Kier molecular flexibility index (Phi) is 10.9. The van der Waals surface area contributed by atoms with Crippen LogP contribution in [0.4, 0.5) is 29.1 Å². The molecule has 1 aliphatic rings. The number of rotatable bonds is 12. The normalized spacial score (nSPS) is 16.8. The molecule has 1 atom stereocenters. The summed E-state index contributed by atoms with van der Waals surface area (Å²) in [6, 6.07) is 14.7. The predicted octanol–water partition coefficient (Wildman–Crippen LogP) is 6.89. The van der Waals surface area contributed by atoms with Gasteiger partial charge in [-0.2, -0.15) is 13.2 Å². The lowest BCUT2D eigenvalue weighted by molar-refractivity contribution is -0.137. The molecule has 0 N–H and O–H groups in total. The van der Waals surface area contributed by atoms with E-state index >= 15 is 4.39 Å². The number of alkyl halides is 3. The minimum Gasteiger partial charge on any atom is -0.497 e. The first kappa shape index (κ1) is 36.8. The Labute approximate surface area is 290 Å². The monoisotopic (exact) mass is 715 g/mol. The number of piperidine rings is 1. The van der Waals surface area contributed by atoms with Gasteiger partial charge in [0.2, 0.25) is 0 Å². The maximum absolute atomic E-state index is 16.3. The zero-order chi connectivity index (χ0) is 36.3. The molecule has 5 rings (SSSR count).